The number of phenolic OH excluding ortho intramolecular Hbond substituents is 1. The average Bonchev–Trinajstić information content (AvgIpc) is 2.90. The van der Waals surface area contributed by atoms with E-state index >= 15 is 0 Å². The number of ether oxygens (including phenoxy) is 1. The molecule has 0 spiro atoms. The minimum Gasteiger partial charge on any atom is -0.504 e. The Kier molecular flexibility index (Phi) is 6.75. The minimum atomic E-state index is -0.302. The van der Waals surface area contributed by atoms with Gasteiger partial charge in [-0.1, -0.05) is 44.2 Å². The Morgan fingerprint density at radius 3 is 2.68 bits per heavy atom. The number of fused-ring (bicyclic) bond motifs is 1. The van der Waals surface area contributed by atoms with E-state index in [0.29, 0.717) is 29.2 Å². The first-order chi connectivity index (χ1) is 14.8. The zero-order chi connectivity index (χ0) is 22.5. The fraction of sp³-hybridized carbons (Fsp3) is 0.231. The lowest BCUT2D eigenvalue weighted by molar-refractivity contribution is 0.0956. The molecule has 1 amide bonds. The molecule has 160 valence electrons. The van der Waals surface area contributed by atoms with Crippen LogP contribution in [-0.4, -0.2) is 24.3 Å². The van der Waals surface area contributed by atoms with E-state index in [4.69, 9.17) is 4.74 Å². The monoisotopic (exact) mass is 416 g/mol. The second kappa shape index (κ2) is 9.47. The number of hydrogen-bond donors (Lipinski definition) is 2. The van der Waals surface area contributed by atoms with Crippen molar-refractivity contribution in [2.75, 3.05) is 7.11 Å². The predicted molar refractivity (Wildman–Crippen MR) is 126 cm³/mol. The van der Waals surface area contributed by atoms with Gasteiger partial charge in [0.15, 0.2) is 11.5 Å². The topological polar surface area (TPSA) is 70.9 Å². The summed E-state index contributed by atoms with van der Waals surface area (Å²) in [5.41, 5.74) is 8.67. The molecule has 0 fully saturated rings. The highest BCUT2D eigenvalue weighted by Gasteiger charge is 2.19. The second-order valence-corrected chi connectivity index (χ2v) is 7.82. The lowest BCUT2D eigenvalue weighted by Gasteiger charge is -2.09. The molecule has 0 unspecified atom stereocenters. The van der Waals surface area contributed by atoms with Crippen LogP contribution in [0.5, 0.6) is 11.5 Å². The van der Waals surface area contributed by atoms with Crippen LogP contribution in [0, 0.1) is 6.92 Å². The fourth-order valence-corrected chi connectivity index (χ4v) is 3.57. The molecule has 0 radical (unpaired) electrons. The van der Waals surface area contributed by atoms with Crippen LogP contribution in [0.2, 0.25) is 0 Å². The molecule has 0 bridgehead atoms. The van der Waals surface area contributed by atoms with Crippen molar-refractivity contribution in [3.8, 4) is 22.6 Å². The van der Waals surface area contributed by atoms with Crippen molar-refractivity contribution in [2.45, 2.75) is 33.1 Å². The highest BCUT2D eigenvalue weighted by Crippen LogP contribution is 2.34. The van der Waals surface area contributed by atoms with Gasteiger partial charge in [0.05, 0.1) is 13.3 Å². The first-order valence-corrected chi connectivity index (χ1v) is 10.2. The maximum atomic E-state index is 12.9. The van der Waals surface area contributed by atoms with Gasteiger partial charge in [-0.05, 0) is 65.3 Å². The molecule has 0 aliphatic heterocycles. The lowest BCUT2D eigenvalue weighted by atomic mass is 10.0. The van der Waals surface area contributed by atoms with Crippen molar-refractivity contribution < 1.29 is 14.6 Å². The SMILES string of the molecule is C=CCc1cc(/C=N/NC(=O)c2cc(C)c3cccc(C(C)C)cc2-3)c(O)c(OC)c1. The number of carbonyl (C=O) groups is 1. The van der Waals surface area contributed by atoms with Gasteiger partial charge in [-0.2, -0.15) is 5.10 Å². The number of aromatic hydroxyl groups is 1. The number of phenols is 1. The van der Waals surface area contributed by atoms with Crippen LogP contribution in [-0.2, 0) is 6.42 Å². The number of nitrogens with one attached hydrogen (secondary N) is 1. The summed E-state index contributed by atoms with van der Waals surface area (Å²) in [4.78, 5) is 12.9. The number of hydrazone groups is 1. The van der Waals surface area contributed by atoms with Gasteiger partial charge < -0.3 is 9.84 Å². The first kappa shape index (κ1) is 22.1. The van der Waals surface area contributed by atoms with Crippen LogP contribution < -0.4 is 10.2 Å². The van der Waals surface area contributed by atoms with Gasteiger partial charge >= 0.3 is 0 Å². The highest BCUT2D eigenvalue weighted by molar-refractivity contribution is 6.03. The Morgan fingerprint density at radius 1 is 1.23 bits per heavy atom. The van der Waals surface area contributed by atoms with Crippen molar-refractivity contribution in [3.05, 3.63) is 82.9 Å². The number of nitrogens with zero attached hydrogens (tertiary/aromatic N) is 1. The summed E-state index contributed by atoms with van der Waals surface area (Å²) < 4.78 is 5.23. The van der Waals surface area contributed by atoms with Gasteiger partial charge in [0, 0.05) is 11.1 Å². The molecule has 1 aromatic rings. The molecular formula is C26H28N2O3. The molecule has 0 saturated heterocycles. The Balaban J connectivity index is 1.89. The van der Waals surface area contributed by atoms with Crippen LogP contribution in [0.1, 0.15) is 52.4 Å². The van der Waals surface area contributed by atoms with Crippen LogP contribution in [0.25, 0.3) is 11.1 Å². The van der Waals surface area contributed by atoms with E-state index in [0.717, 1.165) is 27.8 Å². The van der Waals surface area contributed by atoms with Gasteiger partial charge in [0.25, 0.3) is 5.91 Å². The Bertz CT molecular complexity index is 1120. The van der Waals surface area contributed by atoms with E-state index in [-0.39, 0.29) is 11.7 Å². The number of benzene rings is 1. The molecule has 0 heterocycles. The van der Waals surface area contributed by atoms with E-state index in [1.807, 2.05) is 25.1 Å². The smallest absolute Gasteiger partial charge is 0.272 e. The molecule has 0 aromatic heterocycles. The number of carbonyl (C=O) groups excluding carboxylic acids is 1. The average molecular weight is 417 g/mol. The van der Waals surface area contributed by atoms with Crippen molar-refractivity contribution in [1.29, 1.82) is 0 Å². The lowest BCUT2D eigenvalue weighted by Crippen LogP contribution is -2.17. The molecule has 2 N–H and O–H groups in total. The first-order valence-electron chi connectivity index (χ1n) is 10.2. The summed E-state index contributed by atoms with van der Waals surface area (Å²) in [7, 11) is 1.49. The third-order valence-corrected chi connectivity index (χ3v) is 5.27. The maximum Gasteiger partial charge on any atom is 0.272 e. The van der Waals surface area contributed by atoms with E-state index in [2.05, 4.69) is 43.1 Å². The van der Waals surface area contributed by atoms with Crippen LogP contribution in [0.3, 0.4) is 0 Å². The molecule has 31 heavy (non-hydrogen) atoms. The Morgan fingerprint density at radius 2 is 2.00 bits per heavy atom. The molecule has 0 atom stereocenters. The van der Waals surface area contributed by atoms with Crippen molar-refractivity contribution in [2.24, 2.45) is 5.10 Å². The summed E-state index contributed by atoms with van der Waals surface area (Å²) in [6.45, 7) is 9.98. The largest absolute Gasteiger partial charge is 0.504 e. The van der Waals surface area contributed by atoms with Gasteiger partial charge in [-0.3, -0.25) is 4.79 Å². The van der Waals surface area contributed by atoms with Crippen LogP contribution in [0.4, 0.5) is 0 Å². The summed E-state index contributed by atoms with van der Waals surface area (Å²) in [6, 6.07) is 13.6. The van der Waals surface area contributed by atoms with Gasteiger partial charge in [-0.15, -0.1) is 6.58 Å². The van der Waals surface area contributed by atoms with E-state index in [9.17, 15) is 9.90 Å². The standard InChI is InChI=1S/C26H28N2O3/c1-6-8-18-12-20(25(29)24(13-18)31-5)15-27-28-26(30)23-11-17(4)21-10-7-9-19(16(2)3)14-22(21)23/h6-7,9-16,29H,1,8H2,2-5H3,(H,28,30)/b27-15+. The Labute approximate surface area is 183 Å². The van der Waals surface area contributed by atoms with Crippen molar-refractivity contribution in [3.63, 3.8) is 0 Å². The van der Waals surface area contributed by atoms with Gasteiger partial charge in [-0.25, -0.2) is 5.43 Å². The maximum absolute atomic E-state index is 12.9. The zero-order valence-corrected chi connectivity index (χ0v) is 18.4. The Hall–Kier alpha value is -3.60. The number of amides is 1. The van der Waals surface area contributed by atoms with Crippen molar-refractivity contribution >= 4 is 12.1 Å². The van der Waals surface area contributed by atoms with Gasteiger partial charge in [0.2, 0.25) is 0 Å². The second-order valence-electron chi connectivity index (χ2n) is 7.82. The molecule has 2 aliphatic carbocycles. The molecule has 5 nitrogen and oxygen atoms in total. The third-order valence-electron chi connectivity index (χ3n) is 5.27. The molecule has 2 aliphatic rings. The summed E-state index contributed by atoms with van der Waals surface area (Å²) >= 11 is 0. The highest BCUT2D eigenvalue weighted by atomic mass is 16.5. The van der Waals surface area contributed by atoms with E-state index in [1.54, 1.807) is 18.2 Å². The number of hydrogen-bond acceptors (Lipinski definition) is 4. The number of rotatable bonds is 7. The molecule has 5 heteroatoms. The number of methoxy groups -OCH3 is 1. The zero-order valence-electron chi connectivity index (χ0n) is 18.4. The van der Waals surface area contributed by atoms with Crippen LogP contribution >= 0.6 is 0 Å². The van der Waals surface area contributed by atoms with E-state index < -0.39 is 0 Å². The number of aryl methyl sites for hydroxylation is 1. The van der Waals surface area contributed by atoms with Gasteiger partial charge in [0.1, 0.15) is 0 Å². The normalized spacial score (nSPS) is 11.3. The van der Waals surface area contributed by atoms with Crippen molar-refractivity contribution in [1.82, 2.24) is 5.43 Å². The molecular weight excluding hydrogens is 388 g/mol. The number of allylic oxidation sites excluding steroid dienone is 1. The van der Waals surface area contributed by atoms with Crippen LogP contribution in [0.15, 0.2) is 60.2 Å². The molecule has 3 rings (SSSR count). The summed E-state index contributed by atoms with van der Waals surface area (Å²) in [5, 5.41) is 14.4. The third kappa shape index (κ3) is 4.77. The molecule has 0 saturated carbocycles. The van der Waals surface area contributed by atoms with E-state index in [1.165, 1.54) is 13.3 Å². The molecule has 1 aromatic carbocycles. The quantitative estimate of drug-likeness (QED) is 0.306. The predicted octanol–water partition coefficient (Wildman–Crippen LogP) is 5.43. The fourth-order valence-electron chi connectivity index (χ4n) is 3.57. The summed E-state index contributed by atoms with van der Waals surface area (Å²) in [6.07, 6.45) is 3.81. The minimum absolute atomic E-state index is 0.0310. The summed E-state index contributed by atoms with van der Waals surface area (Å²) in [5.74, 6) is 0.361.